The lowest BCUT2D eigenvalue weighted by Gasteiger charge is -2.03. The number of aromatic nitrogens is 4. The fourth-order valence-electron chi connectivity index (χ4n) is 1.94. The van der Waals surface area contributed by atoms with Gasteiger partial charge in [-0.3, -0.25) is 0 Å². The number of benzene rings is 1. The number of hydrogen-bond donors (Lipinski definition) is 1. The molecule has 0 amide bonds. The van der Waals surface area contributed by atoms with Crippen molar-refractivity contribution in [1.29, 1.82) is 0 Å². The van der Waals surface area contributed by atoms with Crippen molar-refractivity contribution < 1.29 is 4.74 Å². The molecule has 0 saturated carbocycles. The molecular weight excluding hydrogens is 290 g/mol. The van der Waals surface area contributed by atoms with Gasteiger partial charge >= 0.3 is 0 Å². The van der Waals surface area contributed by atoms with Crippen LogP contribution in [0.25, 0.3) is 5.78 Å². The Bertz CT molecular complexity index is 769. The van der Waals surface area contributed by atoms with Crippen LogP contribution >= 0.6 is 11.6 Å². The van der Waals surface area contributed by atoms with Crippen molar-refractivity contribution in [2.24, 2.45) is 0 Å². The normalized spacial score (nSPS) is 10.8. The van der Waals surface area contributed by atoms with Crippen LogP contribution in [0.3, 0.4) is 0 Å². The summed E-state index contributed by atoms with van der Waals surface area (Å²) < 4.78 is 6.63. The van der Waals surface area contributed by atoms with Crippen molar-refractivity contribution in [1.82, 2.24) is 19.6 Å². The maximum absolute atomic E-state index is 6.10. The van der Waals surface area contributed by atoms with Gasteiger partial charge in [-0.05, 0) is 30.7 Å². The Morgan fingerprint density at radius 3 is 2.71 bits per heavy atom. The quantitative estimate of drug-likeness (QED) is 0.751. The third-order valence-electron chi connectivity index (χ3n) is 3.01. The second-order valence-electron chi connectivity index (χ2n) is 4.57. The molecule has 0 aliphatic carbocycles. The van der Waals surface area contributed by atoms with Crippen LogP contribution in [-0.4, -0.2) is 26.7 Å². The molecule has 6 nitrogen and oxygen atoms in total. The smallest absolute Gasteiger partial charge is 0.255 e. The SMILES string of the molecule is COc1ccc(CNc2nc3nc(C)cc(Cl)n3n2)cc1. The Kier molecular flexibility index (Phi) is 3.62. The van der Waals surface area contributed by atoms with Gasteiger partial charge in [0.05, 0.1) is 7.11 Å². The molecule has 0 radical (unpaired) electrons. The fourth-order valence-corrected chi connectivity index (χ4v) is 2.21. The van der Waals surface area contributed by atoms with Gasteiger partial charge < -0.3 is 10.1 Å². The first-order valence-corrected chi connectivity index (χ1v) is 6.80. The summed E-state index contributed by atoms with van der Waals surface area (Å²) in [5.74, 6) is 1.80. The second-order valence-corrected chi connectivity index (χ2v) is 4.96. The molecule has 108 valence electrons. The van der Waals surface area contributed by atoms with E-state index in [1.807, 2.05) is 31.2 Å². The number of methoxy groups -OCH3 is 1. The van der Waals surface area contributed by atoms with Crippen molar-refractivity contribution in [2.45, 2.75) is 13.5 Å². The molecule has 3 aromatic rings. The molecule has 0 bridgehead atoms. The van der Waals surface area contributed by atoms with Crippen LogP contribution in [0.15, 0.2) is 30.3 Å². The molecule has 1 N–H and O–H groups in total. The van der Waals surface area contributed by atoms with Crippen LogP contribution in [0.1, 0.15) is 11.3 Å². The van der Waals surface area contributed by atoms with Gasteiger partial charge in [0.1, 0.15) is 10.9 Å². The predicted octanol–water partition coefficient (Wildman–Crippen LogP) is 2.71. The highest BCUT2D eigenvalue weighted by atomic mass is 35.5. The van der Waals surface area contributed by atoms with Gasteiger partial charge in [0.15, 0.2) is 0 Å². The number of fused-ring (bicyclic) bond motifs is 1. The van der Waals surface area contributed by atoms with Crippen LogP contribution < -0.4 is 10.1 Å². The van der Waals surface area contributed by atoms with Crippen molar-refractivity contribution in [2.75, 3.05) is 12.4 Å². The van der Waals surface area contributed by atoms with E-state index >= 15 is 0 Å². The first-order valence-electron chi connectivity index (χ1n) is 6.42. The van der Waals surface area contributed by atoms with Crippen LogP contribution in [-0.2, 0) is 6.54 Å². The van der Waals surface area contributed by atoms with Gasteiger partial charge in [-0.25, -0.2) is 4.98 Å². The molecular formula is C14H14ClN5O. The lowest BCUT2D eigenvalue weighted by molar-refractivity contribution is 0.414. The zero-order valence-corrected chi connectivity index (χ0v) is 12.4. The molecule has 0 atom stereocenters. The number of hydrogen-bond acceptors (Lipinski definition) is 5. The number of nitrogens with zero attached hydrogens (tertiary/aromatic N) is 4. The van der Waals surface area contributed by atoms with Crippen LogP contribution in [0, 0.1) is 6.92 Å². The van der Waals surface area contributed by atoms with E-state index < -0.39 is 0 Å². The van der Waals surface area contributed by atoms with E-state index in [4.69, 9.17) is 16.3 Å². The molecule has 0 aliphatic heterocycles. The summed E-state index contributed by atoms with van der Waals surface area (Å²) in [7, 11) is 1.65. The maximum atomic E-state index is 6.10. The Labute approximate surface area is 126 Å². The summed E-state index contributed by atoms with van der Waals surface area (Å²) >= 11 is 6.10. The molecule has 2 heterocycles. The summed E-state index contributed by atoms with van der Waals surface area (Å²) in [4.78, 5) is 8.59. The highest BCUT2D eigenvalue weighted by Crippen LogP contribution is 2.15. The molecule has 0 spiro atoms. The lowest BCUT2D eigenvalue weighted by atomic mass is 10.2. The standard InChI is InChI=1S/C14H14ClN5O/c1-9-7-12(15)20-14(17-9)18-13(19-20)16-8-10-3-5-11(21-2)6-4-10/h3-7H,8H2,1-2H3,(H,16,19). The summed E-state index contributed by atoms with van der Waals surface area (Å²) in [5, 5.41) is 7.92. The topological polar surface area (TPSA) is 64.3 Å². The molecule has 1 aromatic carbocycles. The van der Waals surface area contributed by atoms with Gasteiger partial charge in [0.25, 0.3) is 5.78 Å². The summed E-state index contributed by atoms with van der Waals surface area (Å²) in [6, 6.07) is 9.54. The summed E-state index contributed by atoms with van der Waals surface area (Å²) in [5.41, 5.74) is 1.91. The van der Waals surface area contributed by atoms with Gasteiger partial charge in [-0.1, -0.05) is 23.7 Å². The van der Waals surface area contributed by atoms with E-state index in [9.17, 15) is 0 Å². The maximum Gasteiger partial charge on any atom is 0.255 e. The van der Waals surface area contributed by atoms with E-state index in [1.54, 1.807) is 13.2 Å². The minimum atomic E-state index is 0.484. The van der Waals surface area contributed by atoms with Gasteiger partial charge in [0.2, 0.25) is 5.95 Å². The summed E-state index contributed by atoms with van der Waals surface area (Å²) in [6.45, 7) is 2.47. The molecule has 0 fully saturated rings. The molecule has 2 aromatic heterocycles. The van der Waals surface area contributed by atoms with Crippen molar-refractivity contribution in [3.8, 4) is 5.75 Å². The third kappa shape index (κ3) is 2.90. The number of anilines is 1. The first-order chi connectivity index (χ1) is 10.2. The number of rotatable bonds is 4. The van der Waals surface area contributed by atoms with Crippen molar-refractivity contribution in [3.63, 3.8) is 0 Å². The number of aryl methyl sites for hydroxylation is 1. The van der Waals surface area contributed by atoms with Crippen LogP contribution in [0.2, 0.25) is 5.15 Å². The predicted molar refractivity (Wildman–Crippen MR) is 80.8 cm³/mol. The van der Waals surface area contributed by atoms with Gasteiger partial charge in [-0.15, -0.1) is 5.10 Å². The Balaban J connectivity index is 1.77. The number of ether oxygens (including phenoxy) is 1. The van der Waals surface area contributed by atoms with E-state index in [0.29, 0.717) is 23.4 Å². The molecule has 3 rings (SSSR count). The Morgan fingerprint density at radius 1 is 1.24 bits per heavy atom. The highest BCUT2D eigenvalue weighted by Gasteiger charge is 2.08. The average molecular weight is 304 g/mol. The third-order valence-corrected chi connectivity index (χ3v) is 3.28. The number of halogens is 1. The fraction of sp³-hybridized carbons (Fsp3) is 0.214. The van der Waals surface area contributed by atoms with Crippen LogP contribution in [0.4, 0.5) is 5.95 Å². The molecule has 0 unspecified atom stereocenters. The van der Waals surface area contributed by atoms with E-state index in [-0.39, 0.29) is 0 Å². The Morgan fingerprint density at radius 2 is 2.00 bits per heavy atom. The monoisotopic (exact) mass is 303 g/mol. The number of nitrogens with one attached hydrogen (secondary N) is 1. The minimum absolute atomic E-state index is 0.484. The van der Waals surface area contributed by atoms with Crippen molar-refractivity contribution in [3.05, 3.63) is 46.7 Å². The zero-order chi connectivity index (χ0) is 14.8. The molecule has 0 saturated heterocycles. The molecule has 21 heavy (non-hydrogen) atoms. The highest BCUT2D eigenvalue weighted by molar-refractivity contribution is 6.29. The van der Waals surface area contributed by atoms with Gasteiger partial charge in [0, 0.05) is 12.2 Å². The molecule has 7 heteroatoms. The second kappa shape index (κ2) is 5.57. The zero-order valence-electron chi connectivity index (χ0n) is 11.7. The van der Waals surface area contributed by atoms with E-state index in [2.05, 4.69) is 20.4 Å². The average Bonchev–Trinajstić information content (AvgIpc) is 2.89. The van der Waals surface area contributed by atoms with Crippen molar-refractivity contribution >= 4 is 23.3 Å². The van der Waals surface area contributed by atoms with E-state index in [0.717, 1.165) is 17.0 Å². The lowest BCUT2D eigenvalue weighted by Crippen LogP contribution is -2.01. The minimum Gasteiger partial charge on any atom is -0.497 e. The van der Waals surface area contributed by atoms with E-state index in [1.165, 1.54) is 4.52 Å². The van der Waals surface area contributed by atoms with Gasteiger partial charge in [-0.2, -0.15) is 9.50 Å². The van der Waals surface area contributed by atoms with Crippen LogP contribution in [0.5, 0.6) is 5.75 Å². The Hall–Kier alpha value is -2.34. The molecule has 0 aliphatic rings. The first kappa shape index (κ1) is 13.6. The largest absolute Gasteiger partial charge is 0.497 e. The summed E-state index contributed by atoms with van der Waals surface area (Å²) in [6.07, 6.45) is 0.